The molecule has 0 unspecified atom stereocenters. The number of ketones is 1. The molecule has 108 valence electrons. The van der Waals surface area contributed by atoms with Crippen molar-refractivity contribution in [3.63, 3.8) is 0 Å². The Hall–Kier alpha value is -2.29. The third-order valence-corrected chi connectivity index (χ3v) is 3.60. The van der Waals surface area contributed by atoms with E-state index in [9.17, 15) is 4.79 Å². The molecule has 0 aliphatic heterocycles. The fourth-order valence-corrected chi connectivity index (χ4v) is 2.53. The van der Waals surface area contributed by atoms with Crippen LogP contribution in [-0.4, -0.2) is 19.0 Å². The number of fused-ring (bicyclic) bond motifs is 1. The third kappa shape index (κ3) is 3.43. The molecule has 1 aliphatic rings. The zero-order valence-electron chi connectivity index (χ0n) is 11.9. The molecule has 0 aromatic heterocycles. The van der Waals surface area contributed by atoms with Crippen molar-refractivity contribution in [2.75, 3.05) is 13.2 Å². The monoisotopic (exact) mass is 282 g/mol. The van der Waals surface area contributed by atoms with Crippen LogP contribution >= 0.6 is 0 Å². The molecule has 0 radical (unpaired) electrons. The minimum Gasteiger partial charge on any atom is -0.490 e. The van der Waals surface area contributed by atoms with Gasteiger partial charge in [0.25, 0.3) is 0 Å². The summed E-state index contributed by atoms with van der Waals surface area (Å²) in [4.78, 5) is 11.9. The average Bonchev–Trinajstić information content (AvgIpc) is 2.53. The molecule has 0 atom stereocenters. The van der Waals surface area contributed by atoms with Gasteiger partial charge in [-0.15, -0.1) is 0 Å². The van der Waals surface area contributed by atoms with Gasteiger partial charge in [-0.05, 0) is 42.7 Å². The summed E-state index contributed by atoms with van der Waals surface area (Å²) in [7, 11) is 0. The van der Waals surface area contributed by atoms with E-state index in [4.69, 9.17) is 9.47 Å². The van der Waals surface area contributed by atoms with Gasteiger partial charge in [-0.2, -0.15) is 0 Å². The second kappa shape index (κ2) is 6.44. The summed E-state index contributed by atoms with van der Waals surface area (Å²) in [5.74, 6) is 1.80. The van der Waals surface area contributed by atoms with Crippen molar-refractivity contribution in [1.82, 2.24) is 0 Å². The number of rotatable bonds is 5. The zero-order valence-corrected chi connectivity index (χ0v) is 11.9. The Bertz CT molecular complexity index is 620. The average molecular weight is 282 g/mol. The topological polar surface area (TPSA) is 35.5 Å². The van der Waals surface area contributed by atoms with Crippen molar-refractivity contribution in [2.45, 2.75) is 19.3 Å². The standard InChI is InChI=1S/C18H18O3/c19-18-8-4-5-14-9-10-16(13-17(14)18)21-12-11-20-15-6-2-1-3-7-15/h1-3,6-7,9-10,13H,4-5,8,11-12H2. The number of ether oxygens (including phenoxy) is 2. The first-order chi connectivity index (χ1) is 10.3. The van der Waals surface area contributed by atoms with Gasteiger partial charge in [0.2, 0.25) is 0 Å². The van der Waals surface area contributed by atoms with Crippen molar-refractivity contribution in [1.29, 1.82) is 0 Å². The first-order valence-electron chi connectivity index (χ1n) is 7.30. The van der Waals surface area contributed by atoms with Gasteiger partial charge in [-0.25, -0.2) is 0 Å². The number of Topliss-reactive ketones (excluding diaryl/α,β-unsaturated/α-hetero) is 1. The minimum atomic E-state index is 0.224. The highest BCUT2D eigenvalue weighted by Crippen LogP contribution is 2.25. The molecular formula is C18H18O3. The molecule has 0 spiro atoms. The van der Waals surface area contributed by atoms with Crippen LogP contribution in [0.15, 0.2) is 48.5 Å². The molecular weight excluding hydrogens is 264 g/mol. The van der Waals surface area contributed by atoms with Crippen LogP contribution in [0.5, 0.6) is 11.5 Å². The van der Waals surface area contributed by atoms with Gasteiger partial charge >= 0.3 is 0 Å². The number of hydrogen-bond acceptors (Lipinski definition) is 3. The highest BCUT2D eigenvalue weighted by atomic mass is 16.5. The van der Waals surface area contributed by atoms with Crippen molar-refractivity contribution in [3.8, 4) is 11.5 Å². The molecule has 3 heteroatoms. The van der Waals surface area contributed by atoms with Crippen molar-refractivity contribution >= 4 is 5.78 Å². The largest absolute Gasteiger partial charge is 0.490 e. The van der Waals surface area contributed by atoms with E-state index in [1.807, 2.05) is 48.5 Å². The van der Waals surface area contributed by atoms with E-state index in [2.05, 4.69) is 0 Å². The van der Waals surface area contributed by atoms with Crippen LogP contribution in [-0.2, 0) is 6.42 Å². The normalized spacial score (nSPS) is 13.6. The number of hydrogen-bond donors (Lipinski definition) is 0. The van der Waals surface area contributed by atoms with E-state index in [0.717, 1.165) is 35.5 Å². The molecule has 0 heterocycles. The van der Waals surface area contributed by atoms with Gasteiger partial charge in [0.1, 0.15) is 24.7 Å². The molecule has 0 saturated carbocycles. The lowest BCUT2D eigenvalue weighted by Crippen LogP contribution is -2.12. The molecule has 21 heavy (non-hydrogen) atoms. The van der Waals surface area contributed by atoms with Gasteiger partial charge < -0.3 is 9.47 Å². The molecule has 3 nitrogen and oxygen atoms in total. The Morgan fingerprint density at radius 1 is 0.857 bits per heavy atom. The minimum absolute atomic E-state index is 0.224. The summed E-state index contributed by atoms with van der Waals surface area (Å²) in [6, 6.07) is 15.4. The van der Waals surface area contributed by atoms with E-state index in [1.54, 1.807) is 0 Å². The number of benzene rings is 2. The summed E-state index contributed by atoms with van der Waals surface area (Å²) in [6.45, 7) is 0.941. The molecule has 0 bridgehead atoms. The number of para-hydroxylation sites is 1. The Balaban J connectivity index is 1.54. The Kier molecular flexibility index (Phi) is 4.20. The van der Waals surface area contributed by atoms with Crippen LogP contribution in [0, 0.1) is 0 Å². The van der Waals surface area contributed by atoms with Crippen LogP contribution in [0.4, 0.5) is 0 Å². The first kappa shape index (κ1) is 13.7. The van der Waals surface area contributed by atoms with Crippen LogP contribution in [0.2, 0.25) is 0 Å². The molecule has 0 saturated heterocycles. The molecule has 2 aromatic rings. The number of carbonyl (C=O) groups excluding carboxylic acids is 1. The summed E-state index contributed by atoms with van der Waals surface area (Å²) in [5, 5.41) is 0. The zero-order chi connectivity index (χ0) is 14.5. The SMILES string of the molecule is O=C1CCCc2ccc(OCCOc3ccccc3)cc21. The maximum atomic E-state index is 11.9. The molecule has 2 aromatic carbocycles. The van der Waals surface area contributed by atoms with Gasteiger partial charge in [-0.3, -0.25) is 4.79 Å². The van der Waals surface area contributed by atoms with Crippen molar-refractivity contribution < 1.29 is 14.3 Å². The van der Waals surface area contributed by atoms with Crippen LogP contribution in [0.25, 0.3) is 0 Å². The molecule has 0 N–H and O–H groups in total. The predicted molar refractivity (Wildman–Crippen MR) is 81.1 cm³/mol. The maximum absolute atomic E-state index is 11.9. The van der Waals surface area contributed by atoms with Crippen molar-refractivity contribution in [2.24, 2.45) is 0 Å². The van der Waals surface area contributed by atoms with E-state index in [-0.39, 0.29) is 5.78 Å². The van der Waals surface area contributed by atoms with Crippen molar-refractivity contribution in [3.05, 3.63) is 59.7 Å². The maximum Gasteiger partial charge on any atom is 0.163 e. The molecule has 0 amide bonds. The number of carbonyl (C=O) groups is 1. The van der Waals surface area contributed by atoms with E-state index in [1.165, 1.54) is 0 Å². The molecule has 3 rings (SSSR count). The third-order valence-electron chi connectivity index (χ3n) is 3.60. The summed E-state index contributed by atoms with van der Waals surface area (Å²) in [6.07, 6.45) is 2.59. The van der Waals surface area contributed by atoms with Gasteiger partial charge in [0.15, 0.2) is 5.78 Å². The lowest BCUT2D eigenvalue weighted by atomic mass is 9.90. The lowest BCUT2D eigenvalue weighted by Gasteiger charge is -2.16. The fourth-order valence-electron chi connectivity index (χ4n) is 2.53. The Labute approximate surface area is 124 Å². The van der Waals surface area contributed by atoms with E-state index >= 15 is 0 Å². The lowest BCUT2D eigenvalue weighted by molar-refractivity contribution is 0.0972. The summed E-state index contributed by atoms with van der Waals surface area (Å²) < 4.78 is 11.2. The van der Waals surface area contributed by atoms with Gasteiger partial charge in [-0.1, -0.05) is 24.3 Å². The smallest absolute Gasteiger partial charge is 0.163 e. The predicted octanol–water partition coefficient (Wildman–Crippen LogP) is 3.66. The van der Waals surface area contributed by atoms with E-state index < -0.39 is 0 Å². The van der Waals surface area contributed by atoms with Gasteiger partial charge in [0, 0.05) is 12.0 Å². The second-order valence-electron chi connectivity index (χ2n) is 5.11. The summed E-state index contributed by atoms with van der Waals surface area (Å²) >= 11 is 0. The van der Waals surface area contributed by atoms with Crippen LogP contribution in [0.3, 0.4) is 0 Å². The Morgan fingerprint density at radius 2 is 1.62 bits per heavy atom. The fraction of sp³-hybridized carbons (Fsp3) is 0.278. The van der Waals surface area contributed by atoms with Crippen LogP contribution < -0.4 is 9.47 Å². The summed E-state index contributed by atoms with van der Waals surface area (Å²) in [5.41, 5.74) is 1.96. The number of aryl methyl sites for hydroxylation is 1. The highest BCUT2D eigenvalue weighted by molar-refractivity contribution is 5.98. The second-order valence-corrected chi connectivity index (χ2v) is 5.11. The highest BCUT2D eigenvalue weighted by Gasteiger charge is 2.17. The van der Waals surface area contributed by atoms with Crippen LogP contribution in [0.1, 0.15) is 28.8 Å². The Morgan fingerprint density at radius 3 is 2.43 bits per heavy atom. The molecule has 0 fully saturated rings. The van der Waals surface area contributed by atoms with Gasteiger partial charge in [0.05, 0.1) is 0 Å². The molecule has 1 aliphatic carbocycles. The first-order valence-corrected chi connectivity index (χ1v) is 7.30. The quantitative estimate of drug-likeness (QED) is 0.785. The van der Waals surface area contributed by atoms with E-state index in [0.29, 0.717) is 19.6 Å².